The first-order valence-corrected chi connectivity index (χ1v) is 8.21. The van der Waals surface area contributed by atoms with Gasteiger partial charge in [0.15, 0.2) is 6.10 Å². The zero-order valence-corrected chi connectivity index (χ0v) is 14.7. The van der Waals surface area contributed by atoms with E-state index >= 15 is 0 Å². The smallest absolute Gasteiger partial charge is 0.261 e. The van der Waals surface area contributed by atoms with Crippen molar-refractivity contribution < 1.29 is 14.3 Å². The van der Waals surface area contributed by atoms with Crippen molar-refractivity contribution in [2.24, 2.45) is 0 Å². The molecule has 2 aromatic rings. The summed E-state index contributed by atoms with van der Waals surface area (Å²) in [5.41, 5.74) is 2.04. The van der Waals surface area contributed by atoms with Crippen LogP contribution in [0.3, 0.4) is 0 Å². The SMILES string of the molecule is CC[C@@H](Oc1ccccc1C)C(=O)N[C@@H](C)c1ccc(OC)cc1. The lowest BCUT2D eigenvalue weighted by molar-refractivity contribution is -0.128. The Balaban J connectivity index is 2.01. The number of carbonyl (C=O) groups excluding carboxylic acids is 1. The molecular formula is C20H25NO3. The molecule has 0 aliphatic heterocycles. The number of methoxy groups -OCH3 is 1. The summed E-state index contributed by atoms with van der Waals surface area (Å²) in [7, 11) is 1.63. The van der Waals surface area contributed by atoms with Gasteiger partial charge in [-0.1, -0.05) is 37.3 Å². The van der Waals surface area contributed by atoms with Crippen molar-refractivity contribution in [1.29, 1.82) is 0 Å². The Bertz CT molecular complexity index is 667. The number of hydrogen-bond acceptors (Lipinski definition) is 3. The van der Waals surface area contributed by atoms with Crippen LogP contribution in [0, 0.1) is 6.92 Å². The van der Waals surface area contributed by atoms with E-state index in [4.69, 9.17) is 9.47 Å². The van der Waals surface area contributed by atoms with Crippen molar-refractivity contribution >= 4 is 5.91 Å². The van der Waals surface area contributed by atoms with E-state index in [9.17, 15) is 4.79 Å². The second-order valence-electron chi connectivity index (χ2n) is 5.78. The average molecular weight is 327 g/mol. The Morgan fingerprint density at radius 3 is 2.38 bits per heavy atom. The third kappa shape index (κ3) is 4.51. The molecule has 2 rings (SSSR count). The summed E-state index contributed by atoms with van der Waals surface area (Å²) < 4.78 is 11.1. The Labute approximate surface area is 143 Å². The fraction of sp³-hybridized carbons (Fsp3) is 0.350. The highest BCUT2D eigenvalue weighted by Gasteiger charge is 2.21. The fourth-order valence-corrected chi connectivity index (χ4v) is 2.45. The van der Waals surface area contributed by atoms with Crippen molar-refractivity contribution in [1.82, 2.24) is 5.32 Å². The fourth-order valence-electron chi connectivity index (χ4n) is 2.45. The Hall–Kier alpha value is -2.49. The third-order valence-corrected chi connectivity index (χ3v) is 4.00. The molecule has 24 heavy (non-hydrogen) atoms. The minimum Gasteiger partial charge on any atom is -0.497 e. The zero-order chi connectivity index (χ0) is 17.5. The normalized spacial score (nSPS) is 13.0. The van der Waals surface area contributed by atoms with Crippen LogP contribution in [-0.4, -0.2) is 19.1 Å². The maximum absolute atomic E-state index is 12.5. The first-order valence-electron chi connectivity index (χ1n) is 8.21. The second kappa shape index (κ2) is 8.39. The van der Waals surface area contributed by atoms with Crippen LogP contribution in [0.4, 0.5) is 0 Å². The van der Waals surface area contributed by atoms with Crippen molar-refractivity contribution in [3.63, 3.8) is 0 Å². The van der Waals surface area contributed by atoms with E-state index in [1.54, 1.807) is 7.11 Å². The van der Waals surface area contributed by atoms with Crippen molar-refractivity contribution in [2.45, 2.75) is 39.3 Å². The van der Waals surface area contributed by atoms with Gasteiger partial charge in [0.2, 0.25) is 0 Å². The van der Waals surface area contributed by atoms with Gasteiger partial charge in [0.25, 0.3) is 5.91 Å². The van der Waals surface area contributed by atoms with E-state index in [-0.39, 0.29) is 11.9 Å². The van der Waals surface area contributed by atoms with Crippen LogP contribution >= 0.6 is 0 Å². The molecule has 2 aromatic carbocycles. The van der Waals surface area contributed by atoms with Crippen LogP contribution in [0.1, 0.15) is 37.4 Å². The number of benzene rings is 2. The van der Waals surface area contributed by atoms with Gasteiger partial charge in [-0.25, -0.2) is 0 Å². The van der Waals surface area contributed by atoms with Gasteiger partial charge in [0.05, 0.1) is 13.2 Å². The topological polar surface area (TPSA) is 47.6 Å². The number of para-hydroxylation sites is 1. The van der Waals surface area contributed by atoms with E-state index in [0.29, 0.717) is 6.42 Å². The molecule has 0 saturated heterocycles. The molecule has 0 heterocycles. The van der Waals surface area contributed by atoms with Crippen LogP contribution in [0.5, 0.6) is 11.5 Å². The average Bonchev–Trinajstić information content (AvgIpc) is 2.61. The molecule has 0 unspecified atom stereocenters. The van der Waals surface area contributed by atoms with Crippen LogP contribution in [0.15, 0.2) is 48.5 Å². The number of rotatable bonds is 7. The Morgan fingerprint density at radius 1 is 1.12 bits per heavy atom. The van der Waals surface area contributed by atoms with E-state index in [1.807, 2.05) is 69.3 Å². The van der Waals surface area contributed by atoms with Gasteiger partial charge in [-0.2, -0.15) is 0 Å². The highest BCUT2D eigenvalue weighted by molar-refractivity contribution is 5.81. The molecule has 0 radical (unpaired) electrons. The highest BCUT2D eigenvalue weighted by Crippen LogP contribution is 2.20. The minimum absolute atomic E-state index is 0.0991. The van der Waals surface area contributed by atoms with Crippen LogP contribution in [0.25, 0.3) is 0 Å². The standard InChI is InChI=1S/C20H25NO3/c1-5-18(24-19-9-7-6-8-14(19)2)20(22)21-15(3)16-10-12-17(23-4)13-11-16/h6-13,15,18H,5H2,1-4H3,(H,21,22)/t15-,18+/m0/s1. The number of amides is 1. The van der Waals surface area contributed by atoms with Crippen molar-refractivity contribution in [3.05, 3.63) is 59.7 Å². The van der Waals surface area contributed by atoms with Crippen LogP contribution < -0.4 is 14.8 Å². The molecular weight excluding hydrogens is 302 g/mol. The molecule has 128 valence electrons. The summed E-state index contributed by atoms with van der Waals surface area (Å²) in [6.45, 7) is 5.88. The number of hydrogen-bond donors (Lipinski definition) is 1. The van der Waals surface area contributed by atoms with Crippen molar-refractivity contribution in [3.8, 4) is 11.5 Å². The molecule has 0 saturated carbocycles. The van der Waals surface area contributed by atoms with E-state index < -0.39 is 6.10 Å². The monoisotopic (exact) mass is 327 g/mol. The van der Waals surface area contributed by atoms with E-state index in [2.05, 4.69) is 5.32 Å². The van der Waals surface area contributed by atoms with Gasteiger partial charge in [-0.05, 0) is 49.6 Å². The zero-order valence-electron chi connectivity index (χ0n) is 14.7. The van der Waals surface area contributed by atoms with Crippen molar-refractivity contribution in [2.75, 3.05) is 7.11 Å². The summed E-state index contributed by atoms with van der Waals surface area (Å²) in [5, 5.41) is 3.02. The first-order chi connectivity index (χ1) is 11.5. The lowest BCUT2D eigenvalue weighted by Gasteiger charge is -2.21. The molecule has 0 fully saturated rings. The molecule has 0 spiro atoms. The minimum atomic E-state index is -0.508. The van der Waals surface area contributed by atoms with Gasteiger partial charge in [-0.15, -0.1) is 0 Å². The molecule has 1 amide bonds. The predicted octanol–water partition coefficient (Wildman–Crippen LogP) is 4.04. The summed E-state index contributed by atoms with van der Waals surface area (Å²) in [6.07, 6.45) is 0.0991. The van der Waals surface area contributed by atoms with Gasteiger partial charge < -0.3 is 14.8 Å². The molecule has 0 aromatic heterocycles. The predicted molar refractivity (Wildman–Crippen MR) is 95.4 cm³/mol. The van der Waals surface area contributed by atoms with Gasteiger partial charge in [0.1, 0.15) is 11.5 Å². The lowest BCUT2D eigenvalue weighted by atomic mass is 10.1. The van der Waals surface area contributed by atoms with Gasteiger partial charge >= 0.3 is 0 Å². The lowest BCUT2D eigenvalue weighted by Crippen LogP contribution is -2.39. The quantitative estimate of drug-likeness (QED) is 0.835. The van der Waals surface area contributed by atoms with E-state index in [1.165, 1.54) is 0 Å². The summed E-state index contributed by atoms with van der Waals surface area (Å²) in [6, 6.07) is 15.3. The molecule has 1 N–H and O–H groups in total. The number of aryl methyl sites for hydroxylation is 1. The van der Waals surface area contributed by atoms with Gasteiger partial charge in [0, 0.05) is 0 Å². The summed E-state index contributed by atoms with van der Waals surface area (Å²) in [4.78, 5) is 12.5. The maximum atomic E-state index is 12.5. The van der Waals surface area contributed by atoms with E-state index in [0.717, 1.165) is 22.6 Å². The molecule has 4 nitrogen and oxygen atoms in total. The maximum Gasteiger partial charge on any atom is 0.261 e. The summed E-state index contributed by atoms with van der Waals surface area (Å²) in [5.74, 6) is 1.44. The number of nitrogens with one attached hydrogen (secondary N) is 1. The van der Waals surface area contributed by atoms with Crippen LogP contribution in [-0.2, 0) is 4.79 Å². The second-order valence-corrected chi connectivity index (χ2v) is 5.78. The molecule has 0 aliphatic rings. The number of carbonyl (C=O) groups is 1. The summed E-state index contributed by atoms with van der Waals surface area (Å²) >= 11 is 0. The van der Waals surface area contributed by atoms with Crippen LogP contribution in [0.2, 0.25) is 0 Å². The first kappa shape index (κ1) is 17.9. The molecule has 0 bridgehead atoms. The molecule has 2 atom stereocenters. The molecule has 4 heteroatoms. The Kier molecular flexibility index (Phi) is 6.24. The Morgan fingerprint density at radius 2 is 1.79 bits per heavy atom. The van der Waals surface area contributed by atoms with Gasteiger partial charge in [-0.3, -0.25) is 4.79 Å². The number of ether oxygens (including phenoxy) is 2. The third-order valence-electron chi connectivity index (χ3n) is 4.00. The largest absolute Gasteiger partial charge is 0.497 e. The highest BCUT2D eigenvalue weighted by atomic mass is 16.5. The molecule has 0 aliphatic carbocycles.